The average Bonchev–Trinajstić information content (AvgIpc) is 3.15. The van der Waals surface area contributed by atoms with E-state index >= 15 is 0 Å². The normalized spacial score (nSPS) is 19.0. The highest BCUT2D eigenvalue weighted by molar-refractivity contribution is 5.92. The standard InChI is InChI=1S/C14H18N4O3/c1-3-10-6-11(17-21-10)14(19)18-4-5-20-8-12(18)13-15-7-9(2)16-13/h6-7,12H,3-5,8H2,1-2H3,(H,15,16)/t12-/m0/s1. The first-order valence-electron chi connectivity index (χ1n) is 7.05. The molecule has 3 heterocycles. The second-order valence-electron chi connectivity index (χ2n) is 5.07. The second-order valence-corrected chi connectivity index (χ2v) is 5.07. The molecule has 1 N–H and O–H groups in total. The summed E-state index contributed by atoms with van der Waals surface area (Å²) in [6.07, 6.45) is 2.46. The number of carbonyl (C=O) groups excluding carboxylic acids is 1. The third-order valence-corrected chi connectivity index (χ3v) is 3.55. The molecular formula is C14H18N4O3. The van der Waals surface area contributed by atoms with Crippen LogP contribution in [0.2, 0.25) is 0 Å². The van der Waals surface area contributed by atoms with Crippen LogP contribution in [0.3, 0.4) is 0 Å². The second kappa shape index (κ2) is 5.69. The quantitative estimate of drug-likeness (QED) is 0.925. The number of aromatic nitrogens is 3. The van der Waals surface area contributed by atoms with Crippen LogP contribution in [0.4, 0.5) is 0 Å². The Balaban J connectivity index is 1.85. The van der Waals surface area contributed by atoms with Crippen LogP contribution in [-0.4, -0.2) is 45.7 Å². The van der Waals surface area contributed by atoms with E-state index in [9.17, 15) is 4.79 Å². The minimum atomic E-state index is -0.221. The Bertz CT molecular complexity index is 634. The lowest BCUT2D eigenvalue weighted by Gasteiger charge is -2.33. The van der Waals surface area contributed by atoms with Gasteiger partial charge in [0.15, 0.2) is 5.69 Å². The van der Waals surface area contributed by atoms with Crippen molar-refractivity contribution in [3.8, 4) is 0 Å². The van der Waals surface area contributed by atoms with Gasteiger partial charge in [-0.15, -0.1) is 0 Å². The van der Waals surface area contributed by atoms with Crippen LogP contribution in [0.15, 0.2) is 16.8 Å². The lowest BCUT2D eigenvalue weighted by molar-refractivity contribution is -0.00550. The monoisotopic (exact) mass is 290 g/mol. The Morgan fingerprint density at radius 2 is 2.43 bits per heavy atom. The summed E-state index contributed by atoms with van der Waals surface area (Å²) >= 11 is 0. The van der Waals surface area contributed by atoms with Crippen molar-refractivity contribution in [1.82, 2.24) is 20.0 Å². The van der Waals surface area contributed by atoms with Gasteiger partial charge in [0.25, 0.3) is 5.91 Å². The summed E-state index contributed by atoms with van der Waals surface area (Å²) in [4.78, 5) is 21.8. The number of hydrogen-bond acceptors (Lipinski definition) is 5. The molecule has 1 atom stereocenters. The zero-order chi connectivity index (χ0) is 14.8. The van der Waals surface area contributed by atoms with E-state index in [1.807, 2.05) is 13.8 Å². The van der Waals surface area contributed by atoms with Crippen LogP contribution in [0.1, 0.15) is 40.7 Å². The molecule has 7 nitrogen and oxygen atoms in total. The topological polar surface area (TPSA) is 84.3 Å². The number of amides is 1. The van der Waals surface area contributed by atoms with Gasteiger partial charge in [0.05, 0.1) is 13.2 Å². The number of carbonyl (C=O) groups is 1. The molecule has 1 fully saturated rings. The lowest BCUT2D eigenvalue weighted by atomic mass is 10.2. The van der Waals surface area contributed by atoms with Gasteiger partial charge in [-0.3, -0.25) is 4.79 Å². The van der Waals surface area contributed by atoms with Crippen LogP contribution in [-0.2, 0) is 11.2 Å². The Labute approximate surface area is 122 Å². The summed E-state index contributed by atoms with van der Waals surface area (Å²) < 4.78 is 10.6. The van der Waals surface area contributed by atoms with E-state index in [1.54, 1.807) is 17.2 Å². The largest absolute Gasteiger partial charge is 0.377 e. The minimum absolute atomic E-state index is 0.152. The molecule has 7 heteroatoms. The van der Waals surface area contributed by atoms with E-state index in [-0.39, 0.29) is 11.9 Å². The van der Waals surface area contributed by atoms with Crippen molar-refractivity contribution in [2.24, 2.45) is 0 Å². The number of aromatic amines is 1. The van der Waals surface area contributed by atoms with Crippen molar-refractivity contribution in [2.45, 2.75) is 26.3 Å². The zero-order valence-corrected chi connectivity index (χ0v) is 12.1. The van der Waals surface area contributed by atoms with E-state index in [2.05, 4.69) is 15.1 Å². The highest BCUT2D eigenvalue weighted by atomic mass is 16.5. The van der Waals surface area contributed by atoms with E-state index in [1.165, 1.54) is 0 Å². The van der Waals surface area contributed by atoms with Crippen molar-refractivity contribution in [3.05, 3.63) is 35.2 Å². The van der Waals surface area contributed by atoms with Gasteiger partial charge in [-0.05, 0) is 6.92 Å². The summed E-state index contributed by atoms with van der Waals surface area (Å²) in [5, 5.41) is 3.86. The zero-order valence-electron chi connectivity index (χ0n) is 12.1. The maximum atomic E-state index is 12.6. The summed E-state index contributed by atoms with van der Waals surface area (Å²) in [5.74, 6) is 1.29. The molecular weight excluding hydrogens is 272 g/mol. The van der Waals surface area contributed by atoms with Crippen LogP contribution in [0.25, 0.3) is 0 Å². The van der Waals surface area contributed by atoms with E-state index < -0.39 is 0 Å². The molecule has 0 radical (unpaired) electrons. The Kier molecular flexibility index (Phi) is 3.74. The van der Waals surface area contributed by atoms with Crippen LogP contribution < -0.4 is 0 Å². The molecule has 1 aliphatic rings. The van der Waals surface area contributed by atoms with Gasteiger partial charge in [0, 0.05) is 30.9 Å². The molecule has 2 aromatic rings. The molecule has 0 bridgehead atoms. The van der Waals surface area contributed by atoms with Crippen LogP contribution in [0, 0.1) is 6.92 Å². The minimum Gasteiger partial charge on any atom is -0.377 e. The molecule has 0 unspecified atom stereocenters. The highest BCUT2D eigenvalue weighted by Crippen LogP contribution is 2.24. The molecule has 0 aliphatic carbocycles. The highest BCUT2D eigenvalue weighted by Gasteiger charge is 2.32. The fourth-order valence-corrected chi connectivity index (χ4v) is 2.40. The fraction of sp³-hybridized carbons (Fsp3) is 0.500. The first kappa shape index (κ1) is 13.8. The number of rotatable bonds is 3. The molecule has 1 aliphatic heterocycles. The number of morpholine rings is 1. The average molecular weight is 290 g/mol. The van der Waals surface area contributed by atoms with Gasteiger partial charge in [0.1, 0.15) is 17.6 Å². The first-order chi connectivity index (χ1) is 10.2. The third-order valence-electron chi connectivity index (χ3n) is 3.55. The summed E-state index contributed by atoms with van der Waals surface area (Å²) in [5.41, 5.74) is 1.29. The van der Waals surface area contributed by atoms with Gasteiger partial charge < -0.3 is 19.1 Å². The van der Waals surface area contributed by atoms with Gasteiger partial charge in [-0.2, -0.15) is 0 Å². The molecule has 0 spiro atoms. The van der Waals surface area contributed by atoms with Gasteiger partial charge in [-0.1, -0.05) is 12.1 Å². The number of H-pyrrole nitrogens is 1. The van der Waals surface area contributed by atoms with Crippen molar-refractivity contribution in [2.75, 3.05) is 19.8 Å². The molecule has 3 rings (SSSR count). The van der Waals surface area contributed by atoms with Gasteiger partial charge in [-0.25, -0.2) is 4.98 Å². The number of nitrogens with zero attached hydrogens (tertiary/aromatic N) is 3. The van der Waals surface area contributed by atoms with E-state index in [0.717, 1.165) is 11.5 Å². The van der Waals surface area contributed by atoms with Gasteiger partial charge >= 0.3 is 0 Å². The van der Waals surface area contributed by atoms with Crippen molar-refractivity contribution < 1.29 is 14.1 Å². The smallest absolute Gasteiger partial charge is 0.276 e. The molecule has 21 heavy (non-hydrogen) atoms. The predicted octanol–water partition coefficient (Wildman–Crippen LogP) is 1.48. The number of hydrogen-bond donors (Lipinski definition) is 1. The first-order valence-corrected chi connectivity index (χ1v) is 7.05. The number of imidazole rings is 1. The van der Waals surface area contributed by atoms with E-state index in [0.29, 0.717) is 37.6 Å². The predicted molar refractivity (Wildman–Crippen MR) is 73.8 cm³/mol. The maximum absolute atomic E-state index is 12.6. The summed E-state index contributed by atoms with van der Waals surface area (Å²) in [7, 11) is 0. The lowest BCUT2D eigenvalue weighted by Crippen LogP contribution is -2.44. The summed E-state index contributed by atoms with van der Waals surface area (Å²) in [6, 6.07) is 1.48. The third kappa shape index (κ3) is 2.69. The van der Waals surface area contributed by atoms with Crippen molar-refractivity contribution in [3.63, 3.8) is 0 Å². The fourth-order valence-electron chi connectivity index (χ4n) is 2.40. The van der Waals surface area contributed by atoms with Gasteiger partial charge in [0.2, 0.25) is 0 Å². The van der Waals surface area contributed by atoms with Crippen molar-refractivity contribution >= 4 is 5.91 Å². The Hall–Kier alpha value is -2.15. The Morgan fingerprint density at radius 3 is 3.10 bits per heavy atom. The molecule has 1 amide bonds. The number of nitrogens with one attached hydrogen (secondary N) is 1. The van der Waals surface area contributed by atoms with Crippen molar-refractivity contribution in [1.29, 1.82) is 0 Å². The summed E-state index contributed by atoms with van der Waals surface area (Å²) in [6.45, 7) is 5.34. The Morgan fingerprint density at radius 1 is 1.57 bits per heavy atom. The maximum Gasteiger partial charge on any atom is 0.276 e. The molecule has 0 aromatic carbocycles. The van der Waals surface area contributed by atoms with E-state index in [4.69, 9.17) is 9.26 Å². The van der Waals surface area contributed by atoms with Crippen LogP contribution in [0.5, 0.6) is 0 Å². The van der Waals surface area contributed by atoms with Crippen LogP contribution >= 0.6 is 0 Å². The molecule has 0 saturated carbocycles. The SMILES string of the molecule is CCc1cc(C(=O)N2CCOC[C@H]2c2ncc(C)[nH]2)no1. The number of aryl methyl sites for hydroxylation is 2. The molecule has 112 valence electrons. The molecule has 2 aromatic heterocycles. The number of ether oxygens (including phenoxy) is 1. The molecule has 1 saturated heterocycles.